The first-order chi connectivity index (χ1) is 8.77. The third-order valence-corrected chi connectivity index (χ3v) is 2.20. The van der Waals surface area contributed by atoms with E-state index in [0.717, 1.165) is 0 Å². The number of carbonyl (C=O) groups excluding carboxylic acids is 1. The van der Waals surface area contributed by atoms with Crippen LogP contribution in [0.4, 0.5) is 0 Å². The Morgan fingerprint density at radius 3 is 2.28 bits per heavy atom. The van der Waals surface area contributed by atoms with E-state index in [1.807, 2.05) is 0 Å². The molecule has 0 bridgehead atoms. The zero-order valence-corrected chi connectivity index (χ0v) is 10.7. The maximum atomic E-state index is 11.2. The first-order valence-electron chi connectivity index (χ1n) is 5.65. The molecular weight excluding hydrogens is 236 g/mol. The molecule has 1 aromatic carbocycles. The predicted octanol–water partition coefficient (Wildman–Crippen LogP) is 1.52. The molecular formula is C13H18O5. The molecule has 0 aromatic heterocycles. The van der Waals surface area contributed by atoms with Crippen molar-refractivity contribution in [3.8, 4) is 5.75 Å². The number of benzene rings is 1. The van der Waals surface area contributed by atoms with E-state index < -0.39 is 0 Å². The Morgan fingerprint density at radius 2 is 1.67 bits per heavy atom. The summed E-state index contributed by atoms with van der Waals surface area (Å²) in [6, 6.07) is 6.77. The summed E-state index contributed by atoms with van der Waals surface area (Å²) in [7, 11) is 2.98. The van der Waals surface area contributed by atoms with Gasteiger partial charge < -0.3 is 18.9 Å². The normalized spacial score (nSPS) is 10.1. The number of hydrogen-bond acceptors (Lipinski definition) is 5. The number of esters is 1. The van der Waals surface area contributed by atoms with Gasteiger partial charge in [-0.3, -0.25) is 0 Å². The Balaban J connectivity index is 2.25. The first kappa shape index (κ1) is 14.5. The van der Waals surface area contributed by atoms with Gasteiger partial charge in [0.1, 0.15) is 12.4 Å². The Bertz CT molecular complexity index is 347. The monoisotopic (exact) mass is 254 g/mol. The number of ether oxygens (including phenoxy) is 4. The molecule has 0 aliphatic rings. The standard InChI is InChI=1S/C13H18O5/c1-15-7-8-17-9-10-18-12-5-3-11(4-6-12)13(14)16-2/h3-6H,7-10H2,1-2H3. The second-order valence-electron chi connectivity index (χ2n) is 3.47. The number of methoxy groups -OCH3 is 2. The second-order valence-corrected chi connectivity index (χ2v) is 3.47. The Morgan fingerprint density at radius 1 is 1.00 bits per heavy atom. The van der Waals surface area contributed by atoms with Gasteiger partial charge in [-0.1, -0.05) is 0 Å². The van der Waals surface area contributed by atoms with Gasteiger partial charge in [0.25, 0.3) is 0 Å². The number of carbonyl (C=O) groups is 1. The van der Waals surface area contributed by atoms with E-state index in [-0.39, 0.29) is 5.97 Å². The van der Waals surface area contributed by atoms with Gasteiger partial charge in [0, 0.05) is 7.11 Å². The third-order valence-electron chi connectivity index (χ3n) is 2.20. The summed E-state index contributed by atoms with van der Waals surface area (Å²) < 4.78 is 20.1. The van der Waals surface area contributed by atoms with E-state index in [1.165, 1.54) is 7.11 Å². The molecule has 5 heteroatoms. The first-order valence-corrected chi connectivity index (χ1v) is 5.65. The highest BCUT2D eigenvalue weighted by Crippen LogP contribution is 2.12. The fourth-order valence-corrected chi connectivity index (χ4v) is 1.27. The van der Waals surface area contributed by atoms with Gasteiger partial charge >= 0.3 is 5.97 Å². The summed E-state index contributed by atoms with van der Waals surface area (Å²) >= 11 is 0. The highest BCUT2D eigenvalue weighted by Gasteiger charge is 2.04. The molecule has 100 valence electrons. The minimum absolute atomic E-state index is 0.357. The Hall–Kier alpha value is -1.59. The summed E-state index contributed by atoms with van der Waals surface area (Å²) in [6.07, 6.45) is 0. The minimum Gasteiger partial charge on any atom is -0.491 e. The fraction of sp³-hybridized carbons (Fsp3) is 0.462. The zero-order valence-electron chi connectivity index (χ0n) is 10.7. The molecule has 0 aliphatic carbocycles. The lowest BCUT2D eigenvalue weighted by molar-refractivity contribution is 0.0544. The van der Waals surface area contributed by atoms with Crippen LogP contribution in [0.5, 0.6) is 5.75 Å². The minimum atomic E-state index is -0.357. The molecule has 0 atom stereocenters. The van der Waals surface area contributed by atoms with Gasteiger partial charge in [0.15, 0.2) is 0 Å². The summed E-state index contributed by atoms with van der Waals surface area (Å²) in [6.45, 7) is 2.10. The van der Waals surface area contributed by atoms with Gasteiger partial charge in [-0.15, -0.1) is 0 Å². The van der Waals surface area contributed by atoms with Crippen molar-refractivity contribution in [3.63, 3.8) is 0 Å². The SMILES string of the molecule is COCCOCCOc1ccc(C(=O)OC)cc1. The van der Waals surface area contributed by atoms with Crippen molar-refractivity contribution in [2.24, 2.45) is 0 Å². The van der Waals surface area contributed by atoms with Gasteiger partial charge in [-0.25, -0.2) is 4.79 Å². The molecule has 0 saturated carbocycles. The highest BCUT2D eigenvalue weighted by atomic mass is 16.5. The lowest BCUT2D eigenvalue weighted by atomic mass is 10.2. The molecule has 0 spiro atoms. The molecule has 1 rings (SSSR count). The average molecular weight is 254 g/mol. The van der Waals surface area contributed by atoms with Gasteiger partial charge in [0.2, 0.25) is 0 Å². The Kier molecular flexibility index (Phi) is 6.83. The number of rotatable bonds is 8. The lowest BCUT2D eigenvalue weighted by Gasteiger charge is -2.07. The summed E-state index contributed by atoms with van der Waals surface area (Å²) in [4.78, 5) is 11.2. The second kappa shape index (κ2) is 8.49. The molecule has 0 amide bonds. The Labute approximate surface area is 107 Å². The molecule has 0 fully saturated rings. The molecule has 0 aliphatic heterocycles. The molecule has 0 unspecified atom stereocenters. The largest absolute Gasteiger partial charge is 0.491 e. The highest BCUT2D eigenvalue weighted by molar-refractivity contribution is 5.89. The van der Waals surface area contributed by atoms with Crippen LogP contribution in [0.15, 0.2) is 24.3 Å². The number of hydrogen-bond donors (Lipinski definition) is 0. The van der Waals surface area contributed by atoms with Crippen LogP contribution in [0.3, 0.4) is 0 Å². The van der Waals surface area contributed by atoms with E-state index in [4.69, 9.17) is 14.2 Å². The fourth-order valence-electron chi connectivity index (χ4n) is 1.27. The van der Waals surface area contributed by atoms with Crippen molar-refractivity contribution in [1.82, 2.24) is 0 Å². The van der Waals surface area contributed by atoms with E-state index in [2.05, 4.69) is 4.74 Å². The molecule has 0 heterocycles. The summed E-state index contributed by atoms with van der Waals surface area (Å²) in [5.41, 5.74) is 0.501. The van der Waals surface area contributed by atoms with Gasteiger partial charge in [0.05, 0.1) is 32.5 Å². The molecule has 0 N–H and O–H groups in total. The average Bonchev–Trinajstić information content (AvgIpc) is 2.42. The van der Waals surface area contributed by atoms with Crippen molar-refractivity contribution in [2.75, 3.05) is 40.6 Å². The molecule has 18 heavy (non-hydrogen) atoms. The predicted molar refractivity (Wildman–Crippen MR) is 66.0 cm³/mol. The van der Waals surface area contributed by atoms with E-state index >= 15 is 0 Å². The van der Waals surface area contributed by atoms with E-state index in [9.17, 15) is 4.79 Å². The van der Waals surface area contributed by atoms with E-state index in [0.29, 0.717) is 37.7 Å². The molecule has 0 radical (unpaired) electrons. The summed E-state index contributed by atoms with van der Waals surface area (Å²) in [5.74, 6) is 0.336. The van der Waals surface area contributed by atoms with Crippen LogP contribution in [0.25, 0.3) is 0 Å². The maximum Gasteiger partial charge on any atom is 0.337 e. The smallest absolute Gasteiger partial charge is 0.337 e. The molecule has 1 aromatic rings. The van der Waals surface area contributed by atoms with Crippen molar-refractivity contribution < 1.29 is 23.7 Å². The quantitative estimate of drug-likeness (QED) is 0.520. The maximum absolute atomic E-state index is 11.2. The zero-order chi connectivity index (χ0) is 13.2. The van der Waals surface area contributed by atoms with Crippen molar-refractivity contribution in [1.29, 1.82) is 0 Å². The van der Waals surface area contributed by atoms with Crippen molar-refractivity contribution in [3.05, 3.63) is 29.8 Å². The van der Waals surface area contributed by atoms with Crippen LogP contribution in [-0.4, -0.2) is 46.6 Å². The third kappa shape index (κ3) is 5.16. The van der Waals surface area contributed by atoms with Crippen molar-refractivity contribution >= 4 is 5.97 Å². The van der Waals surface area contributed by atoms with Crippen LogP contribution >= 0.6 is 0 Å². The van der Waals surface area contributed by atoms with Crippen LogP contribution in [-0.2, 0) is 14.2 Å². The lowest BCUT2D eigenvalue weighted by Crippen LogP contribution is -2.10. The molecule has 5 nitrogen and oxygen atoms in total. The van der Waals surface area contributed by atoms with Crippen molar-refractivity contribution in [2.45, 2.75) is 0 Å². The summed E-state index contributed by atoms with van der Waals surface area (Å²) in [5, 5.41) is 0. The molecule has 0 saturated heterocycles. The van der Waals surface area contributed by atoms with Gasteiger partial charge in [-0.05, 0) is 24.3 Å². The van der Waals surface area contributed by atoms with E-state index in [1.54, 1.807) is 31.4 Å². The van der Waals surface area contributed by atoms with Crippen LogP contribution < -0.4 is 4.74 Å². The van der Waals surface area contributed by atoms with Crippen LogP contribution in [0.1, 0.15) is 10.4 Å². The topological polar surface area (TPSA) is 54.0 Å². The van der Waals surface area contributed by atoms with Gasteiger partial charge in [-0.2, -0.15) is 0 Å². The van der Waals surface area contributed by atoms with Crippen LogP contribution in [0.2, 0.25) is 0 Å². The van der Waals surface area contributed by atoms with Crippen LogP contribution in [0, 0.1) is 0 Å².